The molecule has 0 amide bonds. The van der Waals surface area contributed by atoms with Gasteiger partial charge in [-0.15, -0.1) is 0 Å². The maximum absolute atomic E-state index is 10.7. The summed E-state index contributed by atoms with van der Waals surface area (Å²) in [6, 6.07) is 4.10. The van der Waals surface area contributed by atoms with E-state index in [9.17, 15) is 14.9 Å². The lowest BCUT2D eigenvalue weighted by Crippen LogP contribution is -1.95. The summed E-state index contributed by atoms with van der Waals surface area (Å²) in [6.45, 7) is 0. The van der Waals surface area contributed by atoms with Crippen LogP contribution in [0.5, 0.6) is 0 Å². The van der Waals surface area contributed by atoms with Gasteiger partial charge in [0.05, 0.1) is 4.92 Å². The van der Waals surface area contributed by atoms with Crippen molar-refractivity contribution in [2.24, 2.45) is 0 Å². The van der Waals surface area contributed by atoms with Crippen molar-refractivity contribution in [2.45, 2.75) is 0 Å². The van der Waals surface area contributed by atoms with E-state index >= 15 is 0 Å². The Labute approximate surface area is 96.4 Å². The molecule has 0 radical (unpaired) electrons. The SMILES string of the molecule is O=c1[nH]c(-c2ccc([N+](=O)[O-])cc2Br)no1. The van der Waals surface area contributed by atoms with Crippen LogP contribution in [0, 0.1) is 10.1 Å². The average Bonchev–Trinajstić information content (AvgIpc) is 2.64. The van der Waals surface area contributed by atoms with E-state index in [1.807, 2.05) is 0 Å². The second-order valence-electron chi connectivity index (χ2n) is 2.86. The Morgan fingerprint density at radius 3 is 2.75 bits per heavy atom. The molecule has 0 aliphatic carbocycles. The van der Waals surface area contributed by atoms with Gasteiger partial charge in [-0.1, -0.05) is 5.16 Å². The normalized spacial score (nSPS) is 10.3. The van der Waals surface area contributed by atoms with E-state index in [4.69, 9.17) is 0 Å². The van der Waals surface area contributed by atoms with Crippen molar-refractivity contribution in [2.75, 3.05) is 0 Å². The van der Waals surface area contributed by atoms with E-state index in [0.29, 0.717) is 10.0 Å². The molecule has 0 aliphatic heterocycles. The number of benzene rings is 1. The Morgan fingerprint density at radius 2 is 2.25 bits per heavy atom. The van der Waals surface area contributed by atoms with Gasteiger partial charge in [0.2, 0.25) is 0 Å². The molecule has 0 saturated carbocycles. The Balaban J connectivity index is 2.51. The topological polar surface area (TPSA) is 102 Å². The minimum atomic E-state index is -0.680. The van der Waals surface area contributed by atoms with Gasteiger partial charge in [0.25, 0.3) is 5.69 Å². The van der Waals surface area contributed by atoms with Crippen molar-refractivity contribution in [1.29, 1.82) is 0 Å². The summed E-state index contributed by atoms with van der Waals surface area (Å²) < 4.78 is 4.79. The van der Waals surface area contributed by atoms with Gasteiger partial charge in [0.15, 0.2) is 5.82 Å². The fraction of sp³-hybridized carbons (Fsp3) is 0. The third kappa shape index (κ3) is 1.87. The van der Waals surface area contributed by atoms with Crippen LogP contribution in [0.3, 0.4) is 0 Å². The van der Waals surface area contributed by atoms with Crippen LogP contribution in [0.1, 0.15) is 0 Å². The maximum Gasteiger partial charge on any atom is 0.439 e. The van der Waals surface area contributed by atoms with Crippen LogP contribution in [0.2, 0.25) is 0 Å². The Hall–Kier alpha value is -1.96. The molecule has 2 rings (SSSR count). The minimum Gasteiger partial charge on any atom is -0.296 e. The summed E-state index contributed by atoms with van der Waals surface area (Å²) in [4.78, 5) is 23.1. The number of hydrogen-bond acceptors (Lipinski definition) is 5. The second kappa shape index (κ2) is 3.89. The molecule has 82 valence electrons. The highest BCUT2D eigenvalue weighted by Crippen LogP contribution is 2.28. The van der Waals surface area contributed by atoms with Crippen molar-refractivity contribution < 1.29 is 9.45 Å². The predicted octanol–water partition coefficient (Wildman–Crippen LogP) is 1.70. The van der Waals surface area contributed by atoms with Gasteiger partial charge < -0.3 is 0 Å². The average molecular weight is 286 g/mol. The number of nitro benzene ring substituents is 1. The zero-order chi connectivity index (χ0) is 11.7. The fourth-order valence-electron chi connectivity index (χ4n) is 1.16. The summed E-state index contributed by atoms with van der Waals surface area (Å²) in [5.41, 5.74) is 0.456. The molecule has 1 heterocycles. The highest BCUT2D eigenvalue weighted by Gasteiger charge is 2.13. The molecule has 1 N–H and O–H groups in total. The monoisotopic (exact) mass is 285 g/mol. The third-order valence-electron chi connectivity index (χ3n) is 1.86. The van der Waals surface area contributed by atoms with Gasteiger partial charge >= 0.3 is 5.76 Å². The predicted molar refractivity (Wildman–Crippen MR) is 56.9 cm³/mol. The molecule has 0 saturated heterocycles. The molecule has 16 heavy (non-hydrogen) atoms. The third-order valence-corrected chi connectivity index (χ3v) is 2.52. The van der Waals surface area contributed by atoms with Gasteiger partial charge in [-0.3, -0.25) is 19.6 Å². The largest absolute Gasteiger partial charge is 0.439 e. The summed E-state index contributed by atoms with van der Waals surface area (Å²) in [7, 11) is 0. The van der Waals surface area contributed by atoms with Crippen LogP contribution < -0.4 is 5.76 Å². The van der Waals surface area contributed by atoms with E-state index in [2.05, 4.69) is 30.6 Å². The molecule has 0 atom stereocenters. The molecule has 0 spiro atoms. The maximum atomic E-state index is 10.7. The lowest BCUT2D eigenvalue weighted by atomic mass is 10.2. The van der Waals surface area contributed by atoms with Gasteiger partial charge in [-0.2, -0.15) is 0 Å². The summed E-state index contributed by atoms with van der Waals surface area (Å²) in [5.74, 6) is -0.466. The first kappa shape index (κ1) is 10.6. The molecule has 0 aliphatic rings. The molecule has 2 aromatic rings. The quantitative estimate of drug-likeness (QED) is 0.668. The molecule has 0 unspecified atom stereocenters. The Morgan fingerprint density at radius 1 is 1.50 bits per heavy atom. The number of aromatic nitrogens is 2. The zero-order valence-electron chi connectivity index (χ0n) is 7.64. The Kier molecular flexibility index (Phi) is 2.57. The minimum absolute atomic E-state index is 0.0542. The second-order valence-corrected chi connectivity index (χ2v) is 3.72. The number of halogens is 1. The fourth-order valence-corrected chi connectivity index (χ4v) is 1.71. The molecular weight excluding hydrogens is 282 g/mol. The first-order valence-electron chi connectivity index (χ1n) is 4.08. The van der Waals surface area contributed by atoms with Crippen molar-refractivity contribution in [3.05, 3.63) is 43.3 Å². The highest BCUT2D eigenvalue weighted by atomic mass is 79.9. The van der Waals surface area contributed by atoms with Gasteiger partial charge in [-0.05, 0) is 22.0 Å². The summed E-state index contributed by atoms with van der Waals surface area (Å²) in [5, 5.41) is 14.0. The highest BCUT2D eigenvalue weighted by molar-refractivity contribution is 9.10. The molecule has 1 aromatic heterocycles. The molecule has 7 nitrogen and oxygen atoms in total. The molecule has 1 aromatic carbocycles. The standard InChI is InChI=1S/C8H4BrN3O4/c9-6-3-4(12(14)15)1-2-5(6)7-10-8(13)16-11-7/h1-3H,(H,10,11,13). The zero-order valence-corrected chi connectivity index (χ0v) is 9.22. The van der Waals surface area contributed by atoms with Gasteiger partial charge in [-0.25, -0.2) is 4.79 Å². The lowest BCUT2D eigenvalue weighted by molar-refractivity contribution is -0.384. The van der Waals surface area contributed by atoms with Crippen LogP contribution in [-0.4, -0.2) is 15.1 Å². The first-order valence-corrected chi connectivity index (χ1v) is 4.87. The number of aromatic amines is 1. The van der Waals surface area contributed by atoms with E-state index in [-0.39, 0.29) is 11.5 Å². The number of rotatable bonds is 2. The summed E-state index contributed by atoms with van der Waals surface area (Å²) >= 11 is 3.15. The lowest BCUT2D eigenvalue weighted by Gasteiger charge is -1.98. The van der Waals surface area contributed by atoms with Gasteiger partial charge in [0.1, 0.15) is 0 Å². The van der Waals surface area contributed by atoms with Crippen LogP contribution in [0.4, 0.5) is 5.69 Å². The van der Waals surface area contributed by atoms with Crippen molar-refractivity contribution in [1.82, 2.24) is 10.1 Å². The van der Waals surface area contributed by atoms with E-state index in [0.717, 1.165) is 0 Å². The van der Waals surface area contributed by atoms with Crippen molar-refractivity contribution >= 4 is 21.6 Å². The molecule has 8 heteroatoms. The van der Waals surface area contributed by atoms with E-state index in [1.54, 1.807) is 0 Å². The van der Waals surface area contributed by atoms with E-state index < -0.39 is 10.7 Å². The van der Waals surface area contributed by atoms with Crippen LogP contribution >= 0.6 is 15.9 Å². The number of H-pyrrole nitrogens is 1. The number of nitro groups is 1. The number of hydrogen-bond donors (Lipinski definition) is 1. The van der Waals surface area contributed by atoms with Gasteiger partial charge in [0, 0.05) is 22.2 Å². The van der Waals surface area contributed by atoms with Crippen LogP contribution in [0.25, 0.3) is 11.4 Å². The number of nitrogens with one attached hydrogen (secondary N) is 1. The smallest absolute Gasteiger partial charge is 0.296 e. The van der Waals surface area contributed by atoms with Crippen molar-refractivity contribution in [3.8, 4) is 11.4 Å². The van der Waals surface area contributed by atoms with Crippen LogP contribution in [0.15, 0.2) is 32.0 Å². The summed E-state index contributed by atoms with van der Waals surface area (Å²) in [6.07, 6.45) is 0. The molecular formula is C8H4BrN3O4. The van der Waals surface area contributed by atoms with Crippen LogP contribution in [-0.2, 0) is 0 Å². The first-order chi connectivity index (χ1) is 7.58. The van der Waals surface area contributed by atoms with E-state index in [1.165, 1.54) is 18.2 Å². The Bertz CT molecular complexity index is 603. The molecule has 0 bridgehead atoms. The molecule has 0 fully saturated rings. The van der Waals surface area contributed by atoms with Crippen molar-refractivity contribution in [3.63, 3.8) is 0 Å². The number of nitrogens with zero attached hydrogens (tertiary/aromatic N) is 2. The number of non-ortho nitro benzene ring substituents is 1.